The fourth-order valence-electron chi connectivity index (χ4n) is 3.36. The number of hydrogen-bond donors (Lipinski definition) is 3. The molecule has 0 bridgehead atoms. The number of nitrogens with one attached hydrogen (secondary N) is 1. The van der Waals surface area contributed by atoms with E-state index in [1.807, 2.05) is 24.3 Å². The lowest BCUT2D eigenvalue weighted by molar-refractivity contribution is -0.129. The Labute approximate surface area is 130 Å². The fraction of sp³-hybridized carbons (Fsp3) is 0.588. The van der Waals surface area contributed by atoms with Gasteiger partial charge >= 0.3 is 0 Å². The first kappa shape index (κ1) is 15.3. The molecule has 2 aliphatic rings. The molecule has 3 rings (SSSR count). The monoisotopic (exact) mass is 305 g/mol. The molecule has 1 aromatic rings. The molecular weight excluding hydrogens is 282 g/mol. The summed E-state index contributed by atoms with van der Waals surface area (Å²) >= 11 is 0. The number of carbonyl (C=O) groups excluding carboxylic acids is 1. The van der Waals surface area contributed by atoms with Crippen molar-refractivity contribution in [3.8, 4) is 5.75 Å². The number of carbonyl (C=O) groups is 1. The highest BCUT2D eigenvalue weighted by molar-refractivity contribution is 5.80. The summed E-state index contributed by atoms with van der Waals surface area (Å²) in [4.78, 5) is 12.2. The quantitative estimate of drug-likeness (QED) is 0.781. The van der Waals surface area contributed by atoms with E-state index in [1.54, 1.807) is 7.11 Å². The van der Waals surface area contributed by atoms with Crippen LogP contribution < -0.4 is 10.1 Å². The van der Waals surface area contributed by atoms with Crippen molar-refractivity contribution in [2.75, 3.05) is 7.11 Å². The van der Waals surface area contributed by atoms with Crippen molar-refractivity contribution in [3.05, 3.63) is 29.8 Å². The Hall–Kier alpha value is -1.59. The zero-order valence-electron chi connectivity index (χ0n) is 12.7. The second-order valence-corrected chi connectivity index (χ2v) is 6.34. The molecule has 0 radical (unpaired) electrons. The highest BCUT2D eigenvalue weighted by atomic mass is 16.5. The van der Waals surface area contributed by atoms with Gasteiger partial charge in [-0.3, -0.25) is 4.79 Å². The van der Waals surface area contributed by atoms with Gasteiger partial charge in [0.2, 0.25) is 5.91 Å². The maximum Gasteiger partial charge on any atom is 0.223 e. The molecule has 0 aromatic heterocycles. The van der Waals surface area contributed by atoms with Gasteiger partial charge in [-0.1, -0.05) is 18.6 Å². The maximum absolute atomic E-state index is 12.2. The molecule has 0 spiro atoms. The van der Waals surface area contributed by atoms with Crippen molar-refractivity contribution in [2.45, 2.75) is 49.9 Å². The zero-order chi connectivity index (χ0) is 15.7. The van der Waals surface area contributed by atoms with Crippen molar-refractivity contribution in [1.82, 2.24) is 5.32 Å². The number of hydrogen-bond acceptors (Lipinski definition) is 4. The molecule has 0 unspecified atom stereocenters. The number of methoxy groups -OCH3 is 1. The summed E-state index contributed by atoms with van der Waals surface area (Å²) in [6.07, 6.45) is 1.66. The topological polar surface area (TPSA) is 78.8 Å². The second kappa shape index (κ2) is 6.26. The lowest BCUT2D eigenvalue weighted by atomic mass is 9.84. The Morgan fingerprint density at radius 1 is 1.23 bits per heavy atom. The predicted octanol–water partition coefficient (Wildman–Crippen LogP) is 1.19. The van der Waals surface area contributed by atoms with Crippen LogP contribution in [0.4, 0.5) is 0 Å². The Morgan fingerprint density at radius 3 is 2.45 bits per heavy atom. The molecule has 5 heteroatoms. The van der Waals surface area contributed by atoms with Gasteiger partial charge in [0, 0.05) is 11.8 Å². The molecule has 0 aliphatic heterocycles. The normalized spacial score (nSPS) is 31.6. The molecule has 5 nitrogen and oxygen atoms in total. The van der Waals surface area contributed by atoms with E-state index in [2.05, 4.69) is 5.32 Å². The van der Waals surface area contributed by atoms with Gasteiger partial charge < -0.3 is 20.3 Å². The summed E-state index contributed by atoms with van der Waals surface area (Å²) in [5.74, 6) is 0.752. The molecule has 2 fully saturated rings. The van der Waals surface area contributed by atoms with E-state index >= 15 is 0 Å². The number of ether oxygens (including phenoxy) is 1. The van der Waals surface area contributed by atoms with Crippen molar-refractivity contribution >= 4 is 5.91 Å². The van der Waals surface area contributed by atoms with Crippen molar-refractivity contribution in [2.24, 2.45) is 5.92 Å². The average Bonchev–Trinajstić information content (AvgIpc) is 2.74. The lowest BCUT2D eigenvalue weighted by Gasteiger charge is -2.29. The predicted molar refractivity (Wildman–Crippen MR) is 81.6 cm³/mol. The maximum atomic E-state index is 12.2. The third kappa shape index (κ3) is 2.83. The average molecular weight is 305 g/mol. The molecular formula is C17H23NO4. The van der Waals surface area contributed by atoms with Crippen LogP contribution in [0.5, 0.6) is 5.75 Å². The van der Waals surface area contributed by atoms with Crippen LogP contribution in [0.2, 0.25) is 0 Å². The summed E-state index contributed by atoms with van der Waals surface area (Å²) in [6, 6.07) is 7.14. The SMILES string of the molecule is COc1ccc([C@H]2C[C@@H](O)[C@@H](O)[C@@H]2NC(=O)C2CCC2)cc1. The molecule has 3 N–H and O–H groups in total. The largest absolute Gasteiger partial charge is 0.497 e. The van der Waals surface area contributed by atoms with Gasteiger partial charge in [0.15, 0.2) is 0 Å². The number of benzene rings is 1. The standard InChI is InChI=1S/C17H23NO4/c1-22-12-7-5-10(6-8-12)13-9-14(19)16(20)15(13)18-17(21)11-3-2-4-11/h5-8,11,13-16,19-20H,2-4,9H2,1H3,(H,18,21)/t13-,14-,15-,16-/m1/s1. The smallest absolute Gasteiger partial charge is 0.223 e. The van der Waals surface area contributed by atoms with Gasteiger partial charge in [-0.2, -0.15) is 0 Å². The van der Waals surface area contributed by atoms with Crippen LogP contribution in [0.15, 0.2) is 24.3 Å². The molecule has 2 aliphatic carbocycles. The molecule has 0 heterocycles. The van der Waals surface area contributed by atoms with Crippen LogP contribution in [0.25, 0.3) is 0 Å². The minimum Gasteiger partial charge on any atom is -0.497 e. The van der Waals surface area contributed by atoms with Crippen molar-refractivity contribution in [1.29, 1.82) is 0 Å². The van der Waals surface area contributed by atoms with Gasteiger partial charge in [-0.25, -0.2) is 0 Å². The van der Waals surface area contributed by atoms with E-state index in [1.165, 1.54) is 0 Å². The summed E-state index contributed by atoms with van der Waals surface area (Å²) in [7, 11) is 1.61. The number of aliphatic hydroxyl groups excluding tert-OH is 2. The van der Waals surface area contributed by atoms with Gasteiger partial charge in [-0.05, 0) is 37.0 Å². The van der Waals surface area contributed by atoms with E-state index < -0.39 is 18.2 Å². The van der Waals surface area contributed by atoms with E-state index in [-0.39, 0.29) is 17.7 Å². The zero-order valence-corrected chi connectivity index (χ0v) is 12.7. The third-order valence-corrected chi connectivity index (χ3v) is 5.02. The second-order valence-electron chi connectivity index (χ2n) is 6.34. The summed E-state index contributed by atoms with van der Waals surface area (Å²) in [5.41, 5.74) is 0.996. The summed E-state index contributed by atoms with van der Waals surface area (Å²) < 4.78 is 5.15. The minimum atomic E-state index is -0.920. The van der Waals surface area contributed by atoms with Gasteiger partial charge in [0.05, 0.1) is 19.3 Å². The first-order chi connectivity index (χ1) is 10.6. The summed E-state index contributed by atoms with van der Waals surface area (Å²) in [5, 5.41) is 23.2. The third-order valence-electron chi connectivity index (χ3n) is 5.02. The van der Waals surface area contributed by atoms with Gasteiger partial charge in [0.1, 0.15) is 11.9 Å². The highest BCUT2D eigenvalue weighted by Gasteiger charge is 2.44. The van der Waals surface area contributed by atoms with Crippen LogP contribution in [-0.4, -0.2) is 41.5 Å². The molecule has 0 saturated heterocycles. The summed E-state index contributed by atoms with van der Waals surface area (Å²) in [6.45, 7) is 0. The minimum absolute atomic E-state index is 0.00270. The molecule has 4 atom stereocenters. The first-order valence-electron chi connectivity index (χ1n) is 7.90. The van der Waals surface area contributed by atoms with Crippen LogP contribution in [0.1, 0.15) is 37.2 Å². The molecule has 22 heavy (non-hydrogen) atoms. The Bertz CT molecular complexity index is 526. The first-order valence-corrected chi connectivity index (χ1v) is 7.90. The van der Waals surface area contributed by atoms with Crippen LogP contribution in [0.3, 0.4) is 0 Å². The fourth-order valence-corrected chi connectivity index (χ4v) is 3.36. The number of aliphatic hydroxyl groups is 2. The van der Waals surface area contributed by atoms with Crippen LogP contribution >= 0.6 is 0 Å². The van der Waals surface area contributed by atoms with Crippen LogP contribution in [-0.2, 0) is 4.79 Å². The number of amides is 1. The van der Waals surface area contributed by atoms with E-state index in [0.29, 0.717) is 6.42 Å². The van der Waals surface area contributed by atoms with Crippen molar-refractivity contribution < 1.29 is 19.7 Å². The molecule has 1 amide bonds. The number of rotatable bonds is 4. The molecule has 1 aromatic carbocycles. The Balaban J connectivity index is 1.76. The van der Waals surface area contributed by atoms with Crippen molar-refractivity contribution in [3.63, 3.8) is 0 Å². The van der Waals surface area contributed by atoms with E-state index in [9.17, 15) is 15.0 Å². The molecule has 120 valence electrons. The van der Waals surface area contributed by atoms with E-state index in [4.69, 9.17) is 4.74 Å². The highest BCUT2D eigenvalue weighted by Crippen LogP contribution is 2.37. The van der Waals surface area contributed by atoms with E-state index in [0.717, 1.165) is 30.6 Å². The van der Waals surface area contributed by atoms with Gasteiger partial charge in [-0.15, -0.1) is 0 Å². The lowest BCUT2D eigenvalue weighted by Crippen LogP contribution is -2.48. The Kier molecular flexibility index (Phi) is 4.36. The van der Waals surface area contributed by atoms with Crippen LogP contribution in [0, 0.1) is 5.92 Å². The Morgan fingerprint density at radius 2 is 1.91 bits per heavy atom. The van der Waals surface area contributed by atoms with Gasteiger partial charge in [0.25, 0.3) is 0 Å². The molecule has 2 saturated carbocycles.